The average molecular weight is 196 g/mol. The largest absolute Gasteiger partial charge is 0.468 e. The van der Waals surface area contributed by atoms with E-state index in [1.165, 1.54) is 0 Å². The van der Waals surface area contributed by atoms with Crippen molar-refractivity contribution in [2.75, 3.05) is 0 Å². The second-order valence-corrected chi connectivity index (χ2v) is 3.48. The molecular weight excluding hydrogens is 180 g/mol. The molecule has 2 atom stereocenters. The van der Waals surface area contributed by atoms with E-state index in [9.17, 15) is 4.79 Å². The van der Waals surface area contributed by atoms with Crippen molar-refractivity contribution in [1.82, 2.24) is 5.32 Å². The van der Waals surface area contributed by atoms with Crippen molar-refractivity contribution in [2.24, 2.45) is 5.73 Å². The maximum atomic E-state index is 10.6. The van der Waals surface area contributed by atoms with Crippen molar-refractivity contribution in [3.05, 3.63) is 24.2 Å². The van der Waals surface area contributed by atoms with Crippen LogP contribution in [-0.2, 0) is 4.79 Å². The number of nitrogens with two attached hydrogens (primary N) is 1. The molecule has 14 heavy (non-hydrogen) atoms. The summed E-state index contributed by atoms with van der Waals surface area (Å²) in [6, 6.07) is 3.90. The first kappa shape index (κ1) is 10.8. The molecule has 0 aliphatic carbocycles. The van der Waals surface area contributed by atoms with Crippen LogP contribution in [0.2, 0.25) is 0 Å². The molecule has 0 aromatic carbocycles. The first-order chi connectivity index (χ1) is 6.59. The van der Waals surface area contributed by atoms with Crippen LogP contribution in [0.1, 0.15) is 32.1 Å². The van der Waals surface area contributed by atoms with E-state index in [2.05, 4.69) is 5.32 Å². The van der Waals surface area contributed by atoms with Crippen molar-refractivity contribution in [3.8, 4) is 0 Å². The van der Waals surface area contributed by atoms with Crippen LogP contribution in [0.15, 0.2) is 22.8 Å². The van der Waals surface area contributed by atoms with Gasteiger partial charge in [0.1, 0.15) is 5.76 Å². The van der Waals surface area contributed by atoms with Gasteiger partial charge < -0.3 is 15.5 Å². The summed E-state index contributed by atoms with van der Waals surface area (Å²) < 4.78 is 5.22. The molecule has 0 saturated heterocycles. The van der Waals surface area contributed by atoms with Gasteiger partial charge in [-0.3, -0.25) is 4.79 Å². The van der Waals surface area contributed by atoms with E-state index in [1.54, 1.807) is 6.26 Å². The van der Waals surface area contributed by atoms with Gasteiger partial charge in [0.25, 0.3) is 0 Å². The number of furan rings is 1. The summed E-state index contributed by atoms with van der Waals surface area (Å²) in [6.07, 6.45) is 1.97. The zero-order valence-corrected chi connectivity index (χ0v) is 8.49. The van der Waals surface area contributed by atoms with Gasteiger partial charge in [0.05, 0.1) is 12.3 Å². The summed E-state index contributed by atoms with van der Waals surface area (Å²) >= 11 is 0. The zero-order valence-electron chi connectivity index (χ0n) is 8.49. The van der Waals surface area contributed by atoms with Crippen LogP contribution in [0.3, 0.4) is 0 Å². The van der Waals surface area contributed by atoms with Gasteiger partial charge in [0.2, 0.25) is 5.91 Å². The average Bonchev–Trinajstić information content (AvgIpc) is 2.53. The second-order valence-electron chi connectivity index (χ2n) is 3.48. The number of hydrogen-bond donors (Lipinski definition) is 2. The number of hydrogen-bond acceptors (Lipinski definition) is 3. The lowest BCUT2D eigenvalue weighted by atomic mass is 10.2. The number of nitrogens with one attached hydrogen (secondary N) is 1. The molecule has 0 bridgehead atoms. The molecule has 0 radical (unpaired) electrons. The van der Waals surface area contributed by atoms with Gasteiger partial charge >= 0.3 is 0 Å². The molecule has 1 heterocycles. The lowest BCUT2D eigenvalue weighted by Gasteiger charge is -2.16. The highest BCUT2D eigenvalue weighted by Crippen LogP contribution is 2.13. The molecule has 4 heteroatoms. The smallest absolute Gasteiger partial charge is 0.218 e. The van der Waals surface area contributed by atoms with E-state index in [0.29, 0.717) is 6.42 Å². The summed E-state index contributed by atoms with van der Waals surface area (Å²) in [5.41, 5.74) is 5.09. The Hall–Kier alpha value is -1.29. The monoisotopic (exact) mass is 196 g/mol. The highest BCUT2D eigenvalue weighted by Gasteiger charge is 2.12. The van der Waals surface area contributed by atoms with Gasteiger partial charge in [-0.05, 0) is 26.0 Å². The minimum absolute atomic E-state index is 0.0626. The molecule has 78 valence electrons. The van der Waals surface area contributed by atoms with E-state index in [4.69, 9.17) is 10.2 Å². The van der Waals surface area contributed by atoms with Crippen LogP contribution in [0.25, 0.3) is 0 Å². The van der Waals surface area contributed by atoms with Gasteiger partial charge in [-0.2, -0.15) is 0 Å². The van der Waals surface area contributed by atoms with Crippen molar-refractivity contribution in [3.63, 3.8) is 0 Å². The molecule has 1 rings (SSSR count). The highest BCUT2D eigenvalue weighted by atomic mass is 16.3. The van der Waals surface area contributed by atoms with Gasteiger partial charge in [-0.1, -0.05) is 0 Å². The van der Waals surface area contributed by atoms with Gasteiger partial charge in [-0.25, -0.2) is 0 Å². The fourth-order valence-corrected chi connectivity index (χ4v) is 1.41. The van der Waals surface area contributed by atoms with Crippen LogP contribution in [0.5, 0.6) is 0 Å². The third-order valence-corrected chi connectivity index (χ3v) is 2.01. The summed E-state index contributed by atoms with van der Waals surface area (Å²) in [7, 11) is 0. The van der Waals surface area contributed by atoms with Crippen LogP contribution in [-0.4, -0.2) is 11.9 Å². The van der Waals surface area contributed by atoms with E-state index < -0.39 is 0 Å². The Morgan fingerprint density at radius 1 is 1.64 bits per heavy atom. The Balaban J connectivity index is 2.41. The molecular formula is C10H16N2O2. The van der Waals surface area contributed by atoms with Crippen molar-refractivity contribution in [2.45, 2.75) is 32.4 Å². The fraction of sp³-hybridized carbons (Fsp3) is 0.500. The summed E-state index contributed by atoms with van der Waals surface area (Å²) in [4.78, 5) is 10.6. The number of carbonyl (C=O) groups is 1. The van der Waals surface area contributed by atoms with E-state index >= 15 is 0 Å². The third-order valence-electron chi connectivity index (χ3n) is 2.01. The van der Waals surface area contributed by atoms with Crippen LogP contribution >= 0.6 is 0 Å². The van der Waals surface area contributed by atoms with Crippen molar-refractivity contribution >= 4 is 5.91 Å². The Morgan fingerprint density at radius 3 is 2.86 bits per heavy atom. The van der Waals surface area contributed by atoms with Crippen molar-refractivity contribution in [1.29, 1.82) is 0 Å². The first-order valence-electron chi connectivity index (χ1n) is 4.67. The zero-order chi connectivity index (χ0) is 10.6. The van der Waals surface area contributed by atoms with Gasteiger partial charge in [-0.15, -0.1) is 0 Å². The van der Waals surface area contributed by atoms with Crippen LogP contribution in [0, 0.1) is 0 Å². The van der Waals surface area contributed by atoms with E-state index in [0.717, 1.165) is 5.76 Å². The molecule has 0 aliphatic rings. The SMILES string of the molecule is CC(CC(N)=O)NC(C)c1ccco1. The Morgan fingerprint density at radius 2 is 2.36 bits per heavy atom. The fourth-order valence-electron chi connectivity index (χ4n) is 1.41. The number of amides is 1. The first-order valence-corrected chi connectivity index (χ1v) is 4.67. The third kappa shape index (κ3) is 3.22. The number of primary amides is 1. The lowest BCUT2D eigenvalue weighted by molar-refractivity contribution is -0.118. The van der Waals surface area contributed by atoms with Gasteiger partial charge in [0.15, 0.2) is 0 Å². The number of rotatable bonds is 5. The van der Waals surface area contributed by atoms with Crippen LogP contribution in [0.4, 0.5) is 0 Å². The second kappa shape index (κ2) is 4.81. The predicted molar refractivity (Wildman–Crippen MR) is 53.5 cm³/mol. The Kier molecular flexibility index (Phi) is 3.71. The molecule has 0 fully saturated rings. The van der Waals surface area contributed by atoms with E-state index in [1.807, 2.05) is 26.0 Å². The minimum Gasteiger partial charge on any atom is -0.468 e. The topological polar surface area (TPSA) is 68.3 Å². The molecule has 0 aliphatic heterocycles. The Bertz CT molecular complexity index is 282. The molecule has 4 nitrogen and oxygen atoms in total. The molecule has 1 aromatic heterocycles. The summed E-state index contributed by atoms with van der Waals surface area (Å²) in [5, 5.41) is 3.22. The normalized spacial score (nSPS) is 15.0. The molecule has 0 spiro atoms. The maximum absolute atomic E-state index is 10.6. The molecule has 1 aromatic rings. The standard InChI is InChI=1S/C10H16N2O2/c1-7(6-10(11)13)12-8(2)9-4-3-5-14-9/h3-5,7-8,12H,6H2,1-2H3,(H2,11,13). The van der Waals surface area contributed by atoms with Crippen LogP contribution < -0.4 is 11.1 Å². The molecule has 3 N–H and O–H groups in total. The quantitative estimate of drug-likeness (QED) is 0.743. The predicted octanol–water partition coefficient (Wildman–Crippen LogP) is 1.19. The maximum Gasteiger partial charge on any atom is 0.218 e. The number of carbonyl (C=O) groups excluding carboxylic acids is 1. The summed E-state index contributed by atoms with van der Waals surface area (Å²) in [6.45, 7) is 3.90. The highest BCUT2D eigenvalue weighted by molar-refractivity contribution is 5.74. The summed E-state index contributed by atoms with van der Waals surface area (Å²) in [5.74, 6) is 0.568. The molecule has 2 unspecified atom stereocenters. The lowest BCUT2D eigenvalue weighted by Crippen LogP contribution is -2.32. The Labute approximate surface area is 83.5 Å². The van der Waals surface area contributed by atoms with Gasteiger partial charge in [0, 0.05) is 12.5 Å². The molecule has 0 saturated carbocycles. The van der Waals surface area contributed by atoms with E-state index in [-0.39, 0.29) is 18.0 Å². The minimum atomic E-state index is -0.295. The van der Waals surface area contributed by atoms with Crippen molar-refractivity contribution < 1.29 is 9.21 Å². The molecule has 1 amide bonds.